The van der Waals surface area contributed by atoms with Crippen LogP contribution in [-0.4, -0.2) is 42.9 Å². The quantitative estimate of drug-likeness (QED) is 0.830. The lowest BCUT2D eigenvalue weighted by Gasteiger charge is -2.34. The maximum Gasteiger partial charge on any atom is 0.238 e. The number of likely N-dealkylation sites (N-methyl/N-ethyl adjacent to an activating group) is 1. The predicted octanol–water partition coefficient (Wildman–Crippen LogP) is 2.64. The second kappa shape index (κ2) is 8.94. The summed E-state index contributed by atoms with van der Waals surface area (Å²) in [4.78, 5) is 25.9. The van der Waals surface area contributed by atoms with Crippen LogP contribution in [0.5, 0.6) is 0 Å². The van der Waals surface area contributed by atoms with Crippen LogP contribution in [0.3, 0.4) is 0 Å². The molecule has 3 atom stereocenters. The largest absolute Gasteiger partial charge is 0.352 e. The van der Waals surface area contributed by atoms with E-state index in [1.165, 1.54) is 24.6 Å². The smallest absolute Gasteiger partial charge is 0.238 e. The van der Waals surface area contributed by atoms with E-state index in [1.807, 2.05) is 0 Å². The molecule has 0 aliphatic heterocycles. The Morgan fingerprint density at radius 2 is 1.92 bits per heavy atom. The van der Waals surface area contributed by atoms with Crippen LogP contribution in [-0.2, 0) is 9.59 Å². The van der Waals surface area contributed by atoms with Gasteiger partial charge in [-0.2, -0.15) is 0 Å². The number of hydrogen-bond acceptors (Lipinski definition) is 3. The van der Waals surface area contributed by atoms with Crippen LogP contribution < -0.4 is 10.6 Å². The number of carbonyl (C=O) groups is 2. The van der Waals surface area contributed by atoms with Crippen molar-refractivity contribution in [2.75, 3.05) is 25.5 Å². The molecule has 1 saturated carbocycles. The highest BCUT2D eigenvalue weighted by Crippen LogP contribution is 2.29. The number of hydrogen-bond donors (Lipinski definition) is 2. The zero-order valence-corrected chi connectivity index (χ0v) is 15.2. The fraction of sp³-hybridized carbons (Fsp3) is 0.579. The number of carbonyl (C=O) groups excluding carboxylic acids is 2. The number of nitrogens with one attached hydrogen (secondary N) is 2. The molecule has 0 saturated heterocycles. The van der Waals surface area contributed by atoms with E-state index in [2.05, 4.69) is 24.5 Å². The van der Waals surface area contributed by atoms with Crippen molar-refractivity contribution in [2.24, 2.45) is 11.8 Å². The number of anilines is 1. The molecule has 0 heterocycles. The lowest BCUT2D eigenvalue weighted by atomic mass is 9.78. The van der Waals surface area contributed by atoms with Gasteiger partial charge in [0.15, 0.2) is 0 Å². The van der Waals surface area contributed by atoms with Crippen molar-refractivity contribution in [1.82, 2.24) is 10.2 Å². The maximum absolute atomic E-state index is 13.1. The normalized spacial score (nSPS) is 23.3. The van der Waals surface area contributed by atoms with E-state index in [9.17, 15) is 14.0 Å². The topological polar surface area (TPSA) is 61.4 Å². The van der Waals surface area contributed by atoms with Gasteiger partial charge in [-0.25, -0.2) is 4.39 Å². The lowest BCUT2D eigenvalue weighted by Crippen LogP contribution is -2.47. The molecule has 2 amide bonds. The summed E-state index contributed by atoms with van der Waals surface area (Å²) >= 11 is 0. The minimum Gasteiger partial charge on any atom is -0.352 e. The summed E-state index contributed by atoms with van der Waals surface area (Å²) in [7, 11) is 1.72. The first kappa shape index (κ1) is 19.4. The summed E-state index contributed by atoms with van der Waals surface area (Å²) in [6.07, 6.45) is 3.37. The molecule has 2 N–H and O–H groups in total. The van der Waals surface area contributed by atoms with Crippen LogP contribution in [0.25, 0.3) is 0 Å². The molecule has 0 bridgehead atoms. The van der Waals surface area contributed by atoms with Crippen LogP contribution in [0, 0.1) is 17.7 Å². The molecule has 1 aromatic carbocycles. The summed E-state index contributed by atoms with van der Waals surface area (Å²) in [6, 6.07) is 5.95. The first-order valence-electron chi connectivity index (χ1n) is 8.88. The third-order valence-electron chi connectivity index (χ3n) is 4.99. The molecule has 5 nitrogen and oxygen atoms in total. The number of nitrogens with zero attached hydrogens (tertiary/aromatic N) is 1. The average Bonchev–Trinajstić information content (AvgIpc) is 2.51. The van der Waals surface area contributed by atoms with Gasteiger partial charge in [0.2, 0.25) is 11.8 Å². The standard InChI is InChI=1S/C19H28FN3O2/c1-13-6-4-9-17(14(13)2)22-19(25)12-23(3)11-18(24)21-16-8-5-7-15(20)10-16/h5,7-8,10,13-14,17H,4,6,9,11-12H2,1-3H3,(H,21,24)(H,22,25)/t13-,14-,17-/m1/s1. The van der Waals surface area contributed by atoms with E-state index in [0.29, 0.717) is 17.5 Å². The minimum atomic E-state index is -0.402. The lowest BCUT2D eigenvalue weighted by molar-refractivity contribution is -0.124. The van der Waals surface area contributed by atoms with Crippen molar-refractivity contribution in [3.63, 3.8) is 0 Å². The molecule has 1 fully saturated rings. The van der Waals surface area contributed by atoms with E-state index in [-0.39, 0.29) is 30.9 Å². The Labute approximate surface area is 149 Å². The molecule has 25 heavy (non-hydrogen) atoms. The first-order valence-corrected chi connectivity index (χ1v) is 8.88. The number of halogens is 1. The van der Waals surface area contributed by atoms with E-state index >= 15 is 0 Å². The molecule has 0 aromatic heterocycles. The third kappa shape index (κ3) is 6.12. The molecule has 2 rings (SSSR count). The fourth-order valence-corrected chi connectivity index (χ4v) is 3.35. The Morgan fingerprint density at radius 3 is 2.64 bits per heavy atom. The van der Waals surface area contributed by atoms with E-state index in [4.69, 9.17) is 0 Å². The van der Waals surface area contributed by atoms with Crippen LogP contribution in [0.15, 0.2) is 24.3 Å². The van der Waals surface area contributed by atoms with E-state index < -0.39 is 5.82 Å². The molecule has 1 aliphatic rings. The van der Waals surface area contributed by atoms with Crippen molar-refractivity contribution < 1.29 is 14.0 Å². The van der Waals surface area contributed by atoms with Gasteiger partial charge < -0.3 is 10.6 Å². The zero-order valence-electron chi connectivity index (χ0n) is 15.2. The Kier molecular flexibility index (Phi) is 6.93. The highest BCUT2D eigenvalue weighted by Gasteiger charge is 2.28. The van der Waals surface area contributed by atoms with Gasteiger partial charge in [-0.1, -0.05) is 32.8 Å². The van der Waals surface area contributed by atoms with Crippen LogP contribution in [0.1, 0.15) is 33.1 Å². The van der Waals surface area contributed by atoms with Crippen molar-refractivity contribution in [3.05, 3.63) is 30.1 Å². The molecular formula is C19H28FN3O2. The Hall–Kier alpha value is -1.95. The summed E-state index contributed by atoms with van der Waals surface area (Å²) in [5.74, 6) is 0.349. The number of benzene rings is 1. The van der Waals surface area contributed by atoms with Gasteiger partial charge in [0.25, 0.3) is 0 Å². The van der Waals surface area contributed by atoms with E-state index in [0.717, 1.165) is 12.8 Å². The van der Waals surface area contributed by atoms with Crippen molar-refractivity contribution in [1.29, 1.82) is 0 Å². The second-order valence-electron chi connectivity index (χ2n) is 7.17. The van der Waals surface area contributed by atoms with Gasteiger partial charge in [-0.05, 0) is 43.5 Å². The van der Waals surface area contributed by atoms with Crippen molar-refractivity contribution in [3.8, 4) is 0 Å². The highest BCUT2D eigenvalue weighted by molar-refractivity contribution is 5.92. The second-order valence-corrected chi connectivity index (χ2v) is 7.17. The summed E-state index contributed by atoms with van der Waals surface area (Å²) in [5.41, 5.74) is 0.410. The predicted molar refractivity (Wildman–Crippen MR) is 96.6 cm³/mol. The summed E-state index contributed by atoms with van der Waals surface area (Å²) < 4.78 is 13.1. The van der Waals surface area contributed by atoms with Gasteiger partial charge in [-0.15, -0.1) is 0 Å². The van der Waals surface area contributed by atoms with Crippen molar-refractivity contribution >= 4 is 17.5 Å². The van der Waals surface area contributed by atoms with Crippen molar-refractivity contribution in [2.45, 2.75) is 39.2 Å². The average molecular weight is 349 g/mol. The molecule has 1 aliphatic carbocycles. The summed E-state index contributed by atoms with van der Waals surface area (Å²) in [5, 5.41) is 5.73. The molecule has 6 heteroatoms. The number of amides is 2. The maximum atomic E-state index is 13.1. The van der Waals surface area contributed by atoms with Gasteiger partial charge >= 0.3 is 0 Å². The van der Waals surface area contributed by atoms with Crippen LogP contribution >= 0.6 is 0 Å². The molecule has 0 unspecified atom stereocenters. The first-order chi connectivity index (χ1) is 11.8. The zero-order chi connectivity index (χ0) is 18.4. The molecule has 138 valence electrons. The monoisotopic (exact) mass is 349 g/mol. The molecule has 0 radical (unpaired) electrons. The highest BCUT2D eigenvalue weighted by atomic mass is 19.1. The number of rotatable bonds is 6. The van der Waals surface area contributed by atoms with Crippen LogP contribution in [0.2, 0.25) is 0 Å². The van der Waals surface area contributed by atoms with Gasteiger partial charge in [-0.3, -0.25) is 14.5 Å². The summed E-state index contributed by atoms with van der Waals surface area (Å²) in [6.45, 7) is 4.64. The Bertz CT molecular complexity index is 608. The van der Waals surface area contributed by atoms with Gasteiger partial charge in [0.05, 0.1) is 13.1 Å². The fourth-order valence-electron chi connectivity index (χ4n) is 3.35. The third-order valence-corrected chi connectivity index (χ3v) is 4.99. The Balaban J connectivity index is 1.76. The Morgan fingerprint density at radius 1 is 1.20 bits per heavy atom. The van der Waals surface area contributed by atoms with Gasteiger partial charge in [0.1, 0.15) is 5.82 Å². The van der Waals surface area contributed by atoms with Crippen LogP contribution in [0.4, 0.5) is 10.1 Å². The molecular weight excluding hydrogens is 321 g/mol. The van der Waals surface area contributed by atoms with E-state index in [1.54, 1.807) is 18.0 Å². The minimum absolute atomic E-state index is 0.0630. The SMILES string of the molecule is C[C@@H]1[C@H](C)CCC[C@H]1NC(=O)CN(C)CC(=O)Nc1cccc(F)c1. The van der Waals surface area contributed by atoms with Gasteiger partial charge in [0, 0.05) is 11.7 Å². The molecule has 1 aromatic rings. The molecule has 0 spiro atoms.